The number of nitrogens with zero attached hydrogens (tertiary/aromatic N) is 4. The van der Waals surface area contributed by atoms with Crippen molar-refractivity contribution in [3.8, 4) is 11.3 Å². The van der Waals surface area contributed by atoms with Crippen LogP contribution in [0.5, 0.6) is 0 Å². The monoisotopic (exact) mass is 300 g/mol. The summed E-state index contributed by atoms with van der Waals surface area (Å²) in [5.41, 5.74) is 13.1. The van der Waals surface area contributed by atoms with Crippen molar-refractivity contribution < 1.29 is 5.21 Å². The molecular weight excluding hydrogens is 280 g/mol. The van der Waals surface area contributed by atoms with Gasteiger partial charge in [-0.1, -0.05) is 25.1 Å². The molecule has 0 amide bonds. The summed E-state index contributed by atoms with van der Waals surface area (Å²) in [6.45, 7) is 5.95. The van der Waals surface area contributed by atoms with E-state index < -0.39 is 5.41 Å². The fourth-order valence-corrected chi connectivity index (χ4v) is 2.22. The van der Waals surface area contributed by atoms with Crippen LogP contribution in [0, 0.1) is 5.92 Å². The first-order valence-corrected chi connectivity index (χ1v) is 6.92. The minimum Gasteiger partial charge on any atom is -0.409 e. The lowest BCUT2D eigenvalue weighted by atomic mass is 9.73. The standard InChI is InChI=1S/C15H20N6O/c1-9(2)15(3,13(16)21-22)11-4-5-12(18-8-11)10-6-19-14(17)20-7-10/h4-9,22H,1-3H3,(H2,16,21)(H2,17,19,20). The smallest absolute Gasteiger partial charge is 0.219 e. The summed E-state index contributed by atoms with van der Waals surface area (Å²) in [5.74, 6) is 0.517. The zero-order valence-electron chi connectivity index (χ0n) is 12.9. The molecule has 2 rings (SSSR count). The molecule has 0 aliphatic heterocycles. The van der Waals surface area contributed by atoms with Gasteiger partial charge in [-0.25, -0.2) is 9.97 Å². The normalized spacial score (nSPS) is 14.8. The molecule has 2 aromatic rings. The summed E-state index contributed by atoms with van der Waals surface area (Å²) in [4.78, 5) is 12.3. The number of hydrogen-bond acceptors (Lipinski definition) is 6. The van der Waals surface area contributed by atoms with E-state index in [2.05, 4.69) is 20.1 Å². The molecule has 5 N–H and O–H groups in total. The second-order valence-corrected chi connectivity index (χ2v) is 5.60. The summed E-state index contributed by atoms with van der Waals surface area (Å²) in [6, 6.07) is 3.77. The molecule has 0 spiro atoms. The van der Waals surface area contributed by atoms with Crippen LogP contribution in [0.4, 0.5) is 5.95 Å². The van der Waals surface area contributed by atoms with Gasteiger partial charge in [0.1, 0.15) is 5.84 Å². The summed E-state index contributed by atoms with van der Waals surface area (Å²) >= 11 is 0. The molecule has 1 atom stereocenters. The zero-order chi connectivity index (χ0) is 16.3. The van der Waals surface area contributed by atoms with Gasteiger partial charge >= 0.3 is 0 Å². The second-order valence-electron chi connectivity index (χ2n) is 5.60. The van der Waals surface area contributed by atoms with Crippen LogP contribution in [0.25, 0.3) is 11.3 Å². The Morgan fingerprint density at radius 2 is 1.82 bits per heavy atom. The molecule has 0 bridgehead atoms. The van der Waals surface area contributed by atoms with E-state index in [9.17, 15) is 0 Å². The molecule has 0 aromatic carbocycles. The molecule has 0 radical (unpaired) electrons. The summed E-state index contributed by atoms with van der Waals surface area (Å²) < 4.78 is 0. The van der Waals surface area contributed by atoms with Crippen molar-refractivity contribution in [2.24, 2.45) is 16.8 Å². The Kier molecular flexibility index (Phi) is 4.25. The molecule has 0 fully saturated rings. The summed E-state index contributed by atoms with van der Waals surface area (Å²) in [6.07, 6.45) is 4.97. The third kappa shape index (κ3) is 2.69. The van der Waals surface area contributed by atoms with Gasteiger partial charge in [0.05, 0.1) is 11.1 Å². The van der Waals surface area contributed by atoms with Gasteiger partial charge in [-0.15, -0.1) is 0 Å². The van der Waals surface area contributed by atoms with E-state index in [-0.39, 0.29) is 17.7 Å². The highest BCUT2D eigenvalue weighted by molar-refractivity contribution is 5.91. The SMILES string of the molecule is CC(C)C(C)(C(N)=NO)c1ccc(-c2cnc(N)nc2)nc1. The average molecular weight is 300 g/mol. The fourth-order valence-electron chi connectivity index (χ4n) is 2.22. The van der Waals surface area contributed by atoms with Crippen LogP contribution in [0.3, 0.4) is 0 Å². The van der Waals surface area contributed by atoms with Crippen LogP contribution < -0.4 is 11.5 Å². The van der Waals surface area contributed by atoms with Crippen molar-refractivity contribution in [1.82, 2.24) is 15.0 Å². The number of amidine groups is 1. The molecule has 116 valence electrons. The van der Waals surface area contributed by atoms with Gasteiger partial charge in [0, 0.05) is 24.2 Å². The first-order valence-electron chi connectivity index (χ1n) is 6.92. The molecule has 0 aliphatic rings. The first kappa shape index (κ1) is 15.7. The molecule has 2 heterocycles. The van der Waals surface area contributed by atoms with E-state index in [0.29, 0.717) is 0 Å². The van der Waals surface area contributed by atoms with E-state index in [0.717, 1.165) is 16.8 Å². The van der Waals surface area contributed by atoms with E-state index in [1.807, 2.05) is 32.9 Å². The Balaban J connectivity index is 2.41. The quantitative estimate of drug-likeness (QED) is 0.342. The van der Waals surface area contributed by atoms with E-state index >= 15 is 0 Å². The van der Waals surface area contributed by atoms with Crippen LogP contribution in [0.15, 0.2) is 35.9 Å². The third-order valence-electron chi connectivity index (χ3n) is 4.13. The number of hydrogen-bond donors (Lipinski definition) is 3. The number of aromatic nitrogens is 3. The highest BCUT2D eigenvalue weighted by Crippen LogP contribution is 2.32. The lowest BCUT2D eigenvalue weighted by Crippen LogP contribution is -2.43. The number of pyridine rings is 1. The van der Waals surface area contributed by atoms with Gasteiger partial charge in [-0.2, -0.15) is 0 Å². The largest absolute Gasteiger partial charge is 0.409 e. The highest BCUT2D eigenvalue weighted by Gasteiger charge is 2.35. The van der Waals surface area contributed by atoms with E-state index in [1.54, 1.807) is 18.6 Å². The van der Waals surface area contributed by atoms with Crippen LogP contribution in [-0.4, -0.2) is 26.0 Å². The molecule has 2 aromatic heterocycles. The van der Waals surface area contributed by atoms with Crippen molar-refractivity contribution in [2.75, 3.05) is 5.73 Å². The van der Waals surface area contributed by atoms with Crippen LogP contribution >= 0.6 is 0 Å². The highest BCUT2D eigenvalue weighted by atomic mass is 16.4. The number of nitrogens with two attached hydrogens (primary N) is 2. The second kappa shape index (κ2) is 5.97. The average Bonchev–Trinajstić information content (AvgIpc) is 2.54. The fraction of sp³-hybridized carbons (Fsp3) is 0.333. The molecule has 0 saturated carbocycles. The summed E-state index contributed by atoms with van der Waals surface area (Å²) in [5, 5.41) is 12.2. The van der Waals surface area contributed by atoms with Gasteiger partial charge in [-0.3, -0.25) is 4.98 Å². The molecule has 7 heteroatoms. The summed E-state index contributed by atoms with van der Waals surface area (Å²) in [7, 11) is 0. The van der Waals surface area contributed by atoms with Crippen LogP contribution in [0.2, 0.25) is 0 Å². The van der Waals surface area contributed by atoms with Crippen LogP contribution in [-0.2, 0) is 5.41 Å². The lowest BCUT2D eigenvalue weighted by Gasteiger charge is -2.32. The number of anilines is 1. The number of rotatable bonds is 4. The molecule has 0 saturated heterocycles. The van der Waals surface area contributed by atoms with Crippen molar-refractivity contribution in [2.45, 2.75) is 26.2 Å². The maximum absolute atomic E-state index is 9.05. The number of nitrogen functional groups attached to an aromatic ring is 1. The van der Waals surface area contributed by atoms with Gasteiger partial charge in [0.25, 0.3) is 0 Å². The Hall–Kier alpha value is -2.70. The predicted molar refractivity (Wildman–Crippen MR) is 85.3 cm³/mol. The molecular formula is C15H20N6O. The Morgan fingerprint density at radius 3 is 2.27 bits per heavy atom. The zero-order valence-corrected chi connectivity index (χ0v) is 12.9. The van der Waals surface area contributed by atoms with Crippen molar-refractivity contribution in [3.63, 3.8) is 0 Å². The Bertz CT molecular complexity index is 665. The van der Waals surface area contributed by atoms with Gasteiger partial charge in [-0.05, 0) is 24.5 Å². The third-order valence-corrected chi connectivity index (χ3v) is 4.13. The minimum absolute atomic E-state index is 0.135. The predicted octanol–water partition coefficient (Wildman–Crippen LogP) is 1.78. The number of oxime groups is 1. The lowest BCUT2D eigenvalue weighted by molar-refractivity contribution is 0.306. The Labute approximate surface area is 129 Å². The van der Waals surface area contributed by atoms with Gasteiger partial charge in [0.2, 0.25) is 5.95 Å². The minimum atomic E-state index is -0.599. The first-order chi connectivity index (χ1) is 10.4. The van der Waals surface area contributed by atoms with E-state index in [4.69, 9.17) is 16.7 Å². The maximum Gasteiger partial charge on any atom is 0.219 e. The molecule has 1 unspecified atom stereocenters. The van der Waals surface area contributed by atoms with Crippen LogP contribution in [0.1, 0.15) is 26.3 Å². The van der Waals surface area contributed by atoms with Gasteiger partial charge in [0.15, 0.2) is 0 Å². The molecule has 22 heavy (non-hydrogen) atoms. The van der Waals surface area contributed by atoms with Crippen molar-refractivity contribution in [3.05, 3.63) is 36.3 Å². The molecule has 7 nitrogen and oxygen atoms in total. The van der Waals surface area contributed by atoms with Crippen molar-refractivity contribution in [1.29, 1.82) is 0 Å². The van der Waals surface area contributed by atoms with Crippen molar-refractivity contribution >= 4 is 11.8 Å². The topological polar surface area (TPSA) is 123 Å². The Morgan fingerprint density at radius 1 is 1.18 bits per heavy atom. The molecule has 0 aliphatic carbocycles. The van der Waals surface area contributed by atoms with E-state index in [1.165, 1.54) is 0 Å². The van der Waals surface area contributed by atoms with Gasteiger partial charge < -0.3 is 16.7 Å². The maximum atomic E-state index is 9.05.